The maximum absolute atomic E-state index is 14.2. The van der Waals surface area contributed by atoms with Gasteiger partial charge in [-0.25, -0.2) is 0 Å². The zero-order valence-electron chi connectivity index (χ0n) is 23.4. The third-order valence-electron chi connectivity index (χ3n) is 8.07. The lowest BCUT2D eigenvalue weighted by atomic mass is 9.76. The molecular weight excluding hydrogens is 494 g/mol. The number of hydrogen-bond donors (Lipinski definition) is 1. The highest BCUT2D eigenvalue weighted by Crippen LogP contribution is 2.50. The molecule has 0 aliphatic carbocycles. The fraction of sp³-hybridized carbons (Fsp3) is 0.484. The van der Waals surface area contributed by atoms with Crippen molar-refractivity contribution in [3.63, 3.8) is 0 Å². The van der Waals surface area contributed by atoms with Crippen LogP contribution in [-0.2, 0) is 19.9 Å². The summed E-state index contributed by atoms with van der Waals surface area (Å²) in [4.78, 5) is 34.9. The molecule has 2 amide bonds. The summed E-state index contributed by atoms with van der Waals surface area (Å²) in [7, 11) is 1.63. The van der Waals surface area contributed by atoms with E-state index < -0.39 is 5.54 Å². The standard InChI is InChI=1S/C31H39N3O5/c1-5-7-17-38-18-11-16-33-20-26(35)34-19-23(21-13-10-15-25(37-4)28(21)39-6-2)27-22-12-8-9-14-24(22)32-29(27)31(34,3)30(33)36/h8-10,12-15,23,32H,5-7,11,16-20H2,1-4H3/t23-,31+/m1/s1. The molecule has 2 aliphatic rings. The minimum atomic E-state index is -1.13. The summed E-state index contributed by atoms with van der Waals surface area (Å²) in [6, 6.07) is 14.0. The fourth-order valence-corrected chi connectivity index (χ4v) is 6.11. The van der Waals surface area contributed by atoms with Crippen LogP contribution in [0.15, 0.2) is 42.5 Å². The Bertz CT molecular complexity index is 1350. The molecule has 3 heterocycles. The predicted molar refractivity (Wildman–Crippen MR) is 150 cm³/mol. The highest BCUT2D eigenvalue weighted by Gasteiger charge is 2.56. The third-order valence-corrected chi connectivity index (χ3v) is 8.07. The Balaban J connectivity index is 1.57. The van der Waals surface area contributed by atoms with Crippen molar-refractivity contribution in [1.29, 1.82) is 0 Å². The van der Waals surface area contributed by atoms with Gasteiger partial charge in [0.05, 0.1) is 26.0 Å². The number of carbonyl (C=O) groups is 2. The van der Waals surface area contributed by atoms with Crippen molar-refractivity contribution >= 4 is 22.7 Å². The summed E-state index contributed by atoms with van der Waals surface area (Å²) in [6.45, 7) is 8.68. The molecule has 2 atom stereocenters. The van der Waals surface area contributed by atoms with E-state index in [1.165, 1.54) is 0 Å². The summed E-state index contributed by atoms with van der Waals surface area (Å²) in [5.41, 5.74) is 2.56. The monoisotopic (exact) mass is 533 g/mol. The van der Waals surface area contributed by atoms with Crippen LogP contribution in [-0.4, -0.2) is 73.2 Å². The number of methoxy groups -OCH3 is 1. The van der Waals surface area contributed by atoms with Crippen molar-refractivity contribution in [2.24, 2.45) is 0 Å². The Morgan fingerprint density at radius 1 is 1.05 bits per heavy atom. The van der Waals surface area contributed by atoms with Gasteiger partial charge in [-0.1, -0.05) is 43.7 Å². The second-order valence-corrected chi connectivity index (χ2v) is 10.4. The molecule has 0 saturated carbocycles. The fourth-order valence-electron chi connectivity index (χ4n) is 6.11. The van der Waals surface area contributed by atoms with Gasteiger partial charge in [0.25, 0.3) is 5.91 Å². The van der Waals surface area contributed by atoms with E-state index in [9.17, 15) is 9.59 Å². The van der Waals surface area contributed by atoms with Gasteiger partial charge >= 0.3 is 0 Å². The second-order valence-electron chi connectivity index (χ2n) is 10.4. The first kappa shape index (κ1) is 27.1. The molecule has 1 fully saturated rings. The molecule has 0 unspecified atom stereocenters. The van der Waals surface area contributed by atoms with Crippen LogP contribution >= 0.6 is 0 Å². The van der Waals surface area contributed by atoms with E-state index in [-0.39, 0.29) is 24.3 Å². The number of unbranched alkanes of at least 4 members (excludes halogenated alkanes) is 1. The molecule has 5 rings (SSSR count). The molecule has 8 nitrogen and oxygen atoms in total. The zero-order chi connectivity index (χ0) is 27.6. The number of H-pyrrole nitrogens is 1. The average Bonchev–Trinajstić information content (AvgIpc) is 3.34. The summed E-state index contributed by atoms with van der Waals surface area (Å²) in [5, 5.41) is 1.05. The van der Waals surface area contributed by atoms with E-state index >= 15 is 0 Å². The van der Waals surface area contributed by atoms with Crippen LogP contribution in [0, 0.1) is 0 Å². The van der Waals surface area contributed by atoms with Crippen LogP contribution in [0.5, 0.6) is 11.5 Å². The van der Waals surface area contributed by atoms with Gasteiger partial charge in [-0.15, -0.1) is 0 Å². The Labute approximate surface area is 230 Å². The number of nitrogens with zero attached hydrogens (tertiary/aromatic N) is 2. The molecule has 2 aliphatic heterocycles. The van der Waals surface area contributed by atoms with Crippen molar-refractivity contribution in [1.82, 2.24) is 14.8 Å². The van der Waals surface area contributed by atoms with Crippen LogP contribution < -0.4 is 9.47 Å². The van der Waals surface area contributed by atoms with Crippen molar-refractivity contribution in [3.8, 4) is 11.5 Å². The molecule has 1 aromatic heterocycles. The molecule has 0 spiro atoms. The van der Waals surface area contributed by atoms with E-state index in [2.05, 4.69) is 18.0 Å². The minimum absolute atomic E-state index is 0.0563. The van der Waals surface area contributed by atoms with Crippen molar-refractivity contribution < 1.29 is 23.8 Å². The Morgan fingerprint density at radius 3 is 2.62 bits per heavy atom. The van der Waals surface area contributed by atoms with Crippen LogP contribution in [0.3, 0.4) is 0 Å². The predicted octanol–water partition coefficient (Wildman–Crippen LogP) is 4.81. The number of rotatable bonds is 11. The molecule has 1 saturated heterocycles. The quantitative estimate of drug-likeness (QED) is 0.358. The normalized spacial score (nSPS) is 20.8. The second kappa shape index (κ2) is 11.3. The number of fused-ring (bicyclic) bond motifs is 5. The number of ether oxygens (including phenoxy) is 3. The van der Waals surface area contributed by atoms with Gasteiger partial charge in [-0.05, 0) is 44.4 Å². The topological polar surface area (TPSA) is 84.1 Å². The van der Waals surface area contributed by atoms with E-state index in [1.807, 2.05) is 50.2 Å². The molecular formula is C31H39N3O5. The van der Waals surface area contributed by atoms with Crippen LogP contribution in [0.2, 0.25) is 0 Å². The molecule has 2 aromatic carbocycles. The number of aromatic nitrogens is 1. The number of benzene rings is 2. The average molecular weight is 534 g/mol. The summed E-state index contributed by atoms with van der Waals surface area (Å²) >= 11 is 0. The van der Waals surface area contributed by atoms with Crippen LogP contribution in [0.4, 0.5) is 0 Å². The van der Waals surface area contributed by atoms with E-state index in [1.54, 1.807) is 16.9 Å². The van der Waals surface area contributed by atoms with E-state index in [0.29, 0.717) is 44.2 Å². The summed E-state index contributed by atoms with van der Waals surface area (Å²) in [5.74, 6) is 1.01. The van der Waals surface area contributed by atoms with Crippen molar-refractivity contribution in [2.45, 2.75) is 51.5 Å². The highest BCUT2D eigenvalue weighted by molar-refractivity contribution is 6.01. The SMILES string of the molecule is CCCCOCCCN1CC(=O)N2C[C@H](c3cccc(OC)c3OCC)c3c([nH]c4ccccc34)[C@@]2(C)C1=O. The Morgan fingerprint density at radius 2 is 1.85 bits per heavy atom. The number of aromatic amines is 1. The van der Waals surface area contributed by atoms with Crippen molar-refractivity contribution in [2.75, 3.05) is 46.6 Å². The van der Waals surface area contributed by atoms with Gasteiger partial charge in [-0.2, -0.15) is 0 Å². The molecule has 39 heavy (non-hydrogen) atoms. The number of carbonyl (C=O) groups excluding carboxylic acids is 2. The molecule has 3 aromatic rings. The Hall–Kier alpha value is -3.52. The number of hydrogen-bond acceptors (Lipinski definition) is 5. The van der Waals surface area contributed by atoms with Gasteiger partial charge in [0.1, 0.15) is 0 Å². The number of para-hydroxylation sites is 2. The van der Waals surface area contributed by atoms with Gasteiger partial charge in [0, 0.05) is 48.7 Å². The highest BCUT2D eigenvalue weighted by atomic mass is 16.5. The van der Waals surface area contributed by atoms with E-state index in [0.717, 1.165) is 47.2 Å². The van der Waals surface area contributed by atoms with Gasteiger partial charge in [0.15, 0.2) is 17.0 Å². The Kier molecular flexibility index (Phi) is 7.84. The number of amides is 2. The lowest BCUT2D eigenvalue weighted by Crippen LogP contribution is -2.67. The maximum atomic E-state index is 14.2. The first-order valence-electron chi connectivity index (χ1n) is 14.0. The molecule has 8 heteroatoms. The molecule has 0 bridgehead atoms. The first-order valence-corrected chi connectivity index (χ1v) is 14.0. The van der Waals surface area contributed by atoms with Gasteiger partial charge in [0.2, 0.25) is 5.91 Å². The first-order chi connectivity index (χ1) is 18.9. The number of piperazine rings is 1. The summed E-state index contributed by atoms with van der Waals surface area (Å²) < 4.78 is 17.5. The molecule has 208 valence electrons. The lowest BCUT2D eigenvalue weighted by molar-refractivity contribution is -0.166. The largest absolute Gasteiger partial charge is 0.493 e. The smallest absolute Gasteiger partial charge is 0.254 e. The molecule has 1 N–H and O–H groups in total. The minimum Gasteiger partial charge on any atom is -0.493 e. The lowest BCUT2D eigenvalue weighted by Gasteiger charge is -2.51. The van der Waals surface area contributed by atoms with Crippen LogP contribution in [0.1, 0.15) is 62.8 Å². The van der Waals surface area contributed by atoms with E-state index in [4.69, 9.17) is 14.2 Å². The van der Waals surface area contributed by atoms with Crippen molar-refractivity contribution in [3.05, 3.63) is 59.3 Å². The zero-order valence-corrected chi connectivity index (χ0v) is 23.4. The third kappa shape index (κ3) is 4.65. The molecule has 0 radical (unpaired) electrons. The van der Waals surface area contributed by atoms with Gasteiger partial charge in [-0.3, -0.25) is 9.59 Å². The summed E-state index contributed by atoms with van der Waals surface area (Å²) in [6.07, 6.45) is 2.81. The van der Waals surface area contributed by atoms with Gasteiger partial charge < -0.3 is 29.0 Å². The van der Waals surface area contributed by atoms with Crippen LogP contribution in [0.25, 0.3) is 10.9 Å². The maximum Gasteiger partial charge on any atom is 0.254 e. The number of nitrogens with one attached hydrogen (secondary N) is 1.